The van der Waals surface area contributed by atoms with Gasteiger partial charge < -0.3 is 20.1 Å². The van der Waals surface area contributed by atoms with Gasteiger partial charge in [0.25, 0.3) is 5.91 Å². The topological polar surface area (TPSA) is 85.4 Å². The summed E-state index contributed by atoms with van der Waals surface area (Å²) in [4.78, 5) is 21.0. The van der Waals surface area contributed by atoms with Crippen LogP contribution >= 0.6 is 0 Å². The first-order valence-electron chi connectivity index (χ1n) is 8.33. The van der Waals surface area contributed by atoms with Gasteiger partial charge in [0.1, 0.15) is 17.2 Å². The van der Waals surface area contributed by atoms with E-state index in [1.54, 1.807) is 49.8 Å². The molecule has 1 amide bonds. The molecule has 2 N–H and O–H groups in total. The van der Waals surface area contributed by atoms with Crippen LogP contribution in [0.15, 0.2) is 60.9 Å². The zero-order valence-electron chi connectivity index (χ0n) is 15.1. The highest BCUT2D eigenvalue weighted by atomic mass is 16.5. The number of methoxy groups -OCH3 is 2. The Morgan fingerprint density at radius 1 is 1.00 bits per heavy atom. The van der Waals surface area contributed by atoms with Crippen LogP contribution in [0.2, 0.25) is 0 Å². The van der Waals surface area contributed by atoms with E-state index < -0.39 is 0 Å². The van der Waals surface area contributed by atoms with Crippen LogP contribution < -0.4 is 20.1 Å². The molecule has 2 heterocycles. The molecule has 0 saturated carbocycles. The van der Waals surface area contributed by atoms with E-state index in [1.807, 2.05) is 18.2 Å². The number of pyridine rings is 2. The Morgan fingerprint density at radius 3 is 2.63 bits per heavy atom. The monoisotopic (exact) mass is 364 g/mol. The number of ether oxygens (including phenoxy) is 2. The van der Waals surface area contributed by atoms with Gasteiger partial charge in [-0.25, -0.2) is 0 Å². The molecule has 0 fully saturated rings. The molecule has 0 spiro atoms. The fourth-order valence-electron chi connectivity index (χ4n) is 2.46. The zero-order chi connectivity index (χ0) is 19.1. The summed E-state index contributed by atoms with van der Waals surface area (Å²) in [7, 11) is 3.10. The molecule has 3 rings (SSSR count). The molecule has 0 radical (unpaired) electrons. The summed E-state index contributed by atoms with van der Waals surface area (Å²) < 4.78 is 10.5. The number of aromatic nitrogens is 2. The molecule has 138 valence electrons. The minimum Gasteiger partial charge on any atom is -0.497 e. The lowest BCUT2D eigenvalue weighted by Gasteiger charge is -2.12. The minimum absolute atomic E-state index is 0.283. The van der Waals surface area contributed by atoms with E-state index in [4.69, 9.17) is 9.47 Å². The molecule has 7 heteroatoms. The van der Waals surface area contributed by atoms with Crippen LogP contribution in [-0.4, -0.2) is 30.1 Å². The summed E-state index contributed by atoms with van der Waals surface area (Å²) in [5, 5.41) is 6.04. The van der Waals surface area contributed by atoms with Gasteiger partial charge in [-0.2, -0.15) is 0 Å². The third-order valence-electron chi connectivity index (χ3n) is 3.85. The number of hydrogen-bond acceptors (Lipinski definition) is 6. The average Bonchev–Trinajstić information content (AvgIpc) is 2.73. The molecule has 27 heavy (non-hydrogen) atoms. The highest BCUT2D eigenvalue weighted by Crippen LogP contribution is 2.29. The van der Waals surface area contributed by atoms with Crippen molar-refractivity contribution >= 4 is 17.3 Å². The van der Waals surface area contributed by atoms with Crippen molar-refractivity contribution in [3.8, 4) is 11.5 Å². The number of anilines is 2. The van der Waals surface area contributed by atoms with Gasteiger partial charge in [-0.1, -0.05) is 6.07 Å². The Hall–Kier alpha value is -3.61. The zero-order valence-corrected chi connectivity index (χ0v) is 15.1. The normalized spacial score (nSPS) is 10.1. The fraction of sp³-hybridized carbons (Fsp3) is 0.150. The molecular formula is C20H20N4O3. The standard InChI is InChI=1S/C20H20N4O3/c1-26-16-6-7-19(27-2)17(12-16)24-20(25)18-11-14(8-10-22-18)23-13-15-5-3-4-9-21-15/h3-12H,13H2,1-2H3,(H,22,23)(H,24,25). The minimum atomic E-state index is -0.344. The Labute approximate surface area is 157 Å². The van der Waals surface area contributed by atoms with Gasteiger partial charge in [0, 0.05) is 24.1 Å². The summed E-state index contributed by atoms with van der Waals surface area (Å²) in [6.45, 7) is 0.551. The number of benzene rings is 1. The van der Waals surface area contributed by atoms with Gasteiger partial charge in [0.15, 0.2) is 0 Å². The summed E-state index contributed by atoms with van der Waals surface area (Å²) in [6, 6.07) is 14.4. The second-order valence-corrected chi connectivity index (χ2v) is 5.62. The van der Waals surface area contributed by atoms with E-state index in [2.05, 4.69) is 20.6 Å². The molecule has 0 aliphatic heterocycles. The van der Waals surface area contributed by atoms with E-state index in [9.17, 15) is 4.79 Å². The van der Waals surface area contributed by atoms with Crippen molar-refractivity contribution in [2.45, 2.75) is 6.54 Å². The molecule has 1 aromatic carbocycles. The van der Waals surface area contributed by atoms with E-state index in [-0.39, 0.29) is 11.6 Å². The number of carbonyl (C=O) groups is 1. The quantitative estimate of drug-likeness (QED) is 0.669. The lowest BCUT2D eigenvalue weighted by molar-refractivity contribution is 0.102. The van der Waals surface area contributed by atoms with Gasteiger partial charge in [0.2, 0.25) is 0 Å². The van der Waals surface area contributed by atoms with Crippen molar-refractivity contribution < 1.29 is 14.3 Å². The summed E-state index contributed by atoms with van der Waals surface area (Å²) >= 11 is 0. The number of nitrogens with zero attached hydrogens (tertiary/aromatic N) is 2. The smallest absolute Gasteiger partial charge is 0.274 e. The molecule has 2 aromatic heterocycles. The van der Waals surface area contributed by atoms with Gasteiger partial charge in [-0.3, -0.25) is 14.8 Å². The lowest BCUT2D eigenvalue weighted by atomic mass is 10.2. The van der Waals surface area contributed by atoms with Crippen LogP contribution in [0.5, 0.6) is 11.5 Å². The summed E-state index contributed by atoms with van der Waals surface area (Å²) in [5.74, 6) is 0.807. The molecular weight excluding hydrogens is 344 g/mol. The Kier molecular flexibility index (Phi) is 5.84. The number of rotatable bonds is 7. The van der Waals surface area contributed by atoms with E-state index in [1.165, 1.54) is 7.11 Å². The lowest BCUT2D eigenvalue weighted by Crippen LogP contribution is -2.15. The first kappa shape index (κ1) is 18.2. The third kappa shape index (κ3) is 4.72. The number of amides is 1. The van der Waals surface area contributed by atoms with E-state index in [0.717, 1.165) is 11.4 Å². The Bertz CT molecular complexity index is 916. The van der Waals surface area contributed by atoms with Gasteiger partial charge >= 0.3 is 0 Å². The molecule has 0 aliphatic rings. The van der Waals surface area contributed by atoms with Crippen LogP contribution in [0.3, 0.4) is 0 Å². The highest BCUT2D eigenvalue weighted by Gasteiger charge is 2.12. The van der Waals surface area contributed by atoms with Crippen molar-refractivity contribution in [1.82, 2.24) is 9.97 Å². The van der Waals surface area contributed by atoms with Crippen molar-refractivity contribution in [3.63, 3.8) is 0 Å². The third-order valence-corrected chi connectivity index (χ3v) is 3.85. The number of carbonyl (C=O) groups excluding carboxylic acids is 1. The van der Waals surface area contributed by atoms with Gasteiger partial charge in [-0.15, -0.1) is 0 Å². The van der Waals surface area contributed by atoms with Crippen molar-refractivity contribution in [2.24, 2.45) is 0 Å². The molecule has 0 unspecified atom stereocenters. The number of nitrogens with one attached hydrogen (secondary N) is 2. The molecule has 0 aliphatic carbocycles. The SMILES string of the molecule is COc1ccc(OC)c(NC(=O)c2cc(NCc3ccccn3)ccn2)c1. The predicted molar refractivity (Wildman–Crippen MR) is 103 cm³/mol. The summed E-state index contributed by atoms with van der Waals surface area (Å²) in [5.41, 5.74) is 2.47. The van der Waals surface area contributed by atoms with Crippen LogP contribution in [0.4, 0.5) is 11.4 Å². The maximum Gasteiger partial charge on any atom is 0.274 e. The first-order valence-corrected chi connectivity index (χ1v) is 8.33. The van der Waals surface area contributed by atoms with Crippen LogP contribution in [-0.2, 0) is 6.54 Å². The second-order valence-electron chi connectivity index (χ2n) is 5.62. The Morgan fingerprint density at radius 2 is 1.89 bits per heavy atom. The molecule has 0 saturated heterocycles. The Balaban J connectivity index is 1.72. The largest absolute Gasteiger partial charge is 0.497 e. The highest BCUT2D eigenvalue weighted by molar-refractivity contribution is 6.04. The first-order chi connectivity index (χ1) is 13.2. The predicted octanol–water partition coefficient (Wildman–Crippen LogP) is 3.36. The van der Waals surface area contributed by atoms with Crippen LogP contribution in [0.1, 0.15) is 16.2 Å². The van der Waals surface area contributed by atoms with Crippen LogP contribution in [0.25, 0.3) is 0 Å². The van der Waals surface area contributed by atoms with E-state index >= 15 is 0 Å². The van der Waals surface area contributed by atoms with Crippen LogP contribution in [0, 0.1) is 0 Å². The maximum atomic E-state index is 12.6. The van der Waals surface area contributed by atoms with Crippen molar-refractivity contribution in [1.29, 1.82) is 0 Å². The number of hydrogen-bond donors (Lipinski definition) is 2. The molecule has 0 bridgehead atoms. The van der Waals surface area contributed by atoms with E-state index in [0.29, 0.717) is 23.7 Å². The fourth-order valence-corrected chi connectivity index (χ4v) is 2.46. The van der Waals surface area contributed by atoms with Crippen molar-refractivity contribution in [2.75, 3.05) is 24.9 Å². The van der Waals surface area contributed by atoms with Crippen molar-refractivity contribution in [3.05, 3.63) is 72.3 Å². The van der Waals surface area contributed by atoms with Gasteiger partial charge in [-0.05, 0) is 36.4 Å². The molecule has 7 nitrogen and oxygen atoms in total. The summed E-state index contributed by atoms with van der Waals surface area (Å²) in [6.07, 6.45) is 3.32. The van der Waals surface area contributed by atoms with Gasteiger partial charge in [0.05, 0.1) is 32.1 Å². The molecule has 0 atom stereocenters. The maximum absolute atomic E-state index is 12.6. The molecule has 3 aromatic rings. The second kappa shape index (κ2) is 8.66. The average molecular weight is 364 g/mol.